The minimum atomic E-state index is 0.0185. The van der Waals surface area contributed by atoms with Crippen LogP contribution in [-0.4, -0.2) is 15.6 Å². The van der Waals surface area contributed by atoms with Crippen molar-refractivity contribution in [1.82, 2.24) is 9.78 Å². The Balaban J connectivity index is 2.08. The molecular weight excluding hydrogens is 300 g/mol. The molecule has 2 rings (SSSR count). The van der Waals surface area contributed by atoms with Gasteiger partial charge in [-0.05, 0) is 41.1 Å². The van der Waals surface area contributed by atoms with Crippen molar-refractivity contribution < 1.29 is 4.79 Å². The highest BCUT2D eigenvalue weighted by Crippen LogP contribution is 2.20. The summed E-state index contributed by atoms with van der Waals surface area (Å²) < 4.78 is 2.77. The highest BCUT2D eigenvalue weighted by Gasteiger charge is 2.04. The Morgan fingerprint density at radius 2 is 2.47 bits per heavy atom. The fourth-order valence-electron chi connectivity index (χ4n) is 1.33. The zero-order valence-electron chi connectivity index (χ0n) is 9.26. The van der Waals surface area contributed by atoms with E-state index in [2.05, 4.69) is 21.0 Å². The Morgan fingerprint density at radius 1 is 1.65 bits per heavy atom. The number of carbonyl (C=O) groups is 1. The second kappa shape index (κ2) is 5.42. The van der Waals surface area contributed by atoms with Gasteiger partial charge in [0, 0.05) is 28.2 Å². The molecule has 0 bridgehead atoms. The molecule has 0 aliphatic heterocycles. The lowest BCUT2D eigenvalue weighted by Gasteiger charge is -1.89. The number of hydrogen-bond acceptors (Lipinski definition) is 3. The number of hydrogen-bond donors (Lipinski definition) is 0. The first kappa shape index (κ1) is 12.3. The van der Waals surface area contributed by atoms with Gasteiger partial charge in [-0.15, -0.1) is 11.3 Å². The van der Waals surface area contributed by atoms with Gasteiger partial charge >= 0.3 is 0 Å². The summed E-state index contributed by atoms with van der Waals surface area (Å²) in [6.07, 6.45) is 7.02. The first-order chi connectivity index (χ1) is 8.19. The van der Waals surface area contributed by atoms with E-state index in [0.717, 1.165) is 21.5 Å². The average Bonchev–Trinajstić information content (AvgIpc) is 2.94. The molecule has 0 atom stereocenters. The van der Waals surface area contributed by atoms with Crippen LogP contribution >= 0.6 is 27.3 Å². The molecule has 88 valence electrons. The molecule has 0 spiro atoms. The van der Waals surface area contributed by atoms with Crippen molar-refractivity contribution in [3.8, 4) is 0 Å². The van der Waals surface area contributed by atoms with Gasteiger partial charge in [-0.2, -0.15) is 5.10 Å². The number of rotatable bonds is 4. The second-order valence-corrected chi connectivity index (χ2v) is 5.28. The molecule has 0 saturated heterocycles. The first-order valence-electron chi connectivity index (χ1n) is 5.18. The molecule has 0 aliphatic carbocycles. The van der Waals surface area contributed by atoms with Crippen LogP contribution in [0.2, 0.25) is 0 Å². The Hall–Kier alpha value is -1.20. The summed E-state index contributed by atoms with van der Waals surface area (Å²) in [7, 11) is 0. The van der Waals surface area contributed by atoms with Gasteiger partial charge in [0.1, 0.15) is 0 Å². The van der Waals surface area contributed by atoms with Crippen LogP contribution in [0.15, 0.2) is 34.4 Å². The lowest BCUT2D eigenvalue weighted by molar-refractivity contribution is 0.105. The van der Waals surface area contributed by atoms with Gasteiger partial charge in [0.2, 0.25) is 0 Å². The number of thiophene rings is 1. The maximum Gasteiger partial charge on any atom is 0.195 e. The normalized spacial score (nSPS) is 11.2. The molecule has 0 N–H and O–H groups in total. The molecule has 2 aromatic heterocycles. The van der Waals surface area contributed by atoms with E-state index in [4.69, 9.17) is 0 Å². The maximum atomic E-state index is 11.8. The van der Waals surface area contributed by atoms with Gasteiger partial charge in [-0.25, -0.2) is 0 Å². The van der Waals surface area contributed by atoms with Gasteiger partial charge < -0.3 is 0 Å². The van der Waals surface area contributed by atoms with Crippen LogP contribution in [0.4, 0.5) is 0 Å². The topological polar surface area (TPSA) is 34.9 Å². The number of halogens is 1. The van der Waals surface area contributed by atoms with E-state index in [1.165, 1.54) is 11.3 Å². The highest BCUT2D eigenvalue weighted by atomic mass is 79.9. The van der Waals surface area contributed by atoms with Crippen LogP contribution < -0.4 is 0 Å². The van der Waals surface area contributed by atoms with Gasteiger partial charge in [0.05, 0.1) is 11.1 Å². The van der Waals surface area contributed by atoms with Gasteiger partial charge in [0.25, 0.3) is 0 Å². The Kier molecular flexibility index (Phi) is 3.91. The van der Waals surface area contributed by atoms with E-state index in [-0.39, 0.29) is 5.78 Å². The molecule has 0 radical (unpaired) electrons. The molecule has 2 aromatic rings. The van der Waals surface area contributed by atoms with Crippen molar-refractivity contribution in [2.24, 2.45) is 0 Å². The van der Waals surface area contributed by atoms with E-state index >= 15 is 0 Å². The Morgan fingerprint density at radius 3 is 3.06 bits per heavy atom. The highest BCUT2D eigenvalue weighted by molar-refractivity contribution is 9.10. The number of allylic oxidation sites excluding steroid dienone is 1. The summed E-state index contributed by atoms with van der Waals surface area (Å²) in [4.78, 5) is 12.5. The van der Waals surface area contributed by atoms with E-state index in [0.29, 0.717) is 0 Å². The molecular formula is C12H11BrN2OS. The third-order valence-electron chi connectivity index (χ3n) is 2.21. The molecule has 0 amide bonds. The van der Waals surface area contributed by atoms with Crippen molar-refractivity contribution >= 4 is 39.1 Å². The van der Waals surface area contributed by atoms with Crippen molar-refractivity contribution in [3.63, 3.8) is 0 Å². The summed E-state index contributed by atoms with van der Waals surface area (Å²) in [6, 6.07) is 1.83. The zero-order valence-corrected chi connectivity index (χ0v) is 11.7. The fourth-order valence-corrected chi connectivity index (χ4v) is 2.68. The van der Waals surface area contributed by atoms with Crippen LogP contribution in [0.3, 0.4) is 0 Å². The van der Waals surface area contributed by atoms with Crippen molar-refractivity contribution in [1.29, 1.82) is 0 Å². The number of carbonyl (C=O) groups excluding carboxylic acids is 1. The Labute approximate surface area is 112 Å². The molecule has 0 aliphatic rings. The summed E-state index contributed by atoms with van der Waals surface area (Å²) in [5.74, 6) is 0.0185. The zero-order chi connectivity index (χ0) is 12.3. The van der Waals surface area contributed by atoms with Crippen LogP contribution in [0.5, 0.6) is 0 Å². The van der Waals surface area contributed by atoms with E-state index in [1.54, 1.807) is 18.3 Å². The molecule has 17 heavy (non-hydrogen) atoms. The monoisotopic (exact) mass is 310 g/mol. The second-order valence-electron chi connectivity index (χ2n) is 3.46. The third-order valence-corrected chi connectivity index (χ3v) is 3.92. The molecule has 0 saturated carbocycles. The van der Waals surface area contributed by atoms with E-state index in [1.807, 2.05) is 29.2 Å². The number of aromatic nitrogens is 2. The van der Waals surface area contributed by atoms with Gasteiger partial charge in [0.15, 0.2) is 5.78 Å². The first-order valence-corrected chi connectivity index (χ1v) is 6.85. The Bertz CT molecular complexity index is 556. The molecule has 2 heterocycles. The van der Waals surface area contributed by atoms with E-state index in [9.17, 15) is 4.79 Å². The number of aryl methyl sites for hydroxylation is 1. The third kappa shape index (κ3) is 3.14. The summed E-state index contributed by atoms with van der Waals surface area (Å²) in [6.45, 7) is 2.86. The van der Waals surface area contributed by atoms with Crippen LogP contribution in [0.1, 0.15) is 22.2 Å². The molecule has 0 aromatic carbocycles. The predicted molar refractivity (Wildman–Crippen MR) is 73.3 cm³/mol. The fraction of sp³-hybridized carbons (Fsp3) is 0.167. The van der Waals surface area contributed by atoms with Gasteiger partial charge in [-0.3, -0.25) is 9.48 Å². The van der Waals surface area contributed by atoms with Crippen molar-refractivity contribution in [2.75, 3.05) is 0 Å². The molecule has 0 unspecified atom stereocenters. The summed E-state index contributed by atoms with van der Waals surface area (Å²) >= 11 is 4.76. The standard InChI is InChI=1S/C12H11BrN2OS/c1-2-15-7-9(6-14-15)3-4-11(16)12-5-10(13)8-17-12/h3-8H,2H2,1H3/b4-3+. The summed E-state index contributed by atoms with van der Waals surface area (Å²) in [5.41, 5.74) is 0.941. The quantitative estimate of drug-likeness (QED) is 0.638. The van der Waals surface area contributed by atoms with Gasteiger partial charge in [-0.1, -0.05) is 0 Å². The lowest BCUT2D eigenvalue weighted by atomic mass is 10.2. The van der Waals surface area contributed by atoms with E-state index < -0.39 is 0 Å². The van der Waals surface area contributed by atoms with Crippen LogP contribution in [0, 0.1) is 0 Å². The summed E-state index contributed by atoms with van der Waals surface area (Å²) in [5, 5.41) is 6.04. The van der Waals surface area contributed by atoms with Crippen molar-refractivity contribution in [3.05, 3.63) is 44.8 Å². The maximum absolute atomic E-state index is 11.8. The SMILES string of the molecule is CCn1cc(/C=C/C(=O)c2cc(Br)cs2)cn1. The molecule has 3 nitrogen and oxygen atoms in total. The molecule has 0 fully saturated rings. The van der Waals surface area contributed by atoms with Crippen LogP contribution in [0.25, 0.3) is 6.08 Å². The lowest BCUT2D eigenvalue weighted by Crippen LogP contribution is -1.92. The molecule has 5 heteroatoms. The van der Waals surface area contributed by atoms with Crippen molar-refractivity contribution in [2.45, 2.75) is 13.5 Å². The number of ketones is 1. The minimum Gasteiger partial charge on any atom is -0.288 e. The largest absolute Gasteiger partial charge is 0.288 e. The predicted octanol–water partition coefficient (Wildman–Crippen LogP) is 3.62. The average molecular weight is 311 g/mol. The number of nitrogens with zero attached hydrogens (tertiary/aromatic N) is 2. The smallest absolute Gasteiger partial charge is 0.195 e. The minimum absolute atomic E-state index is 0.0185. The van der Waals surface area contributed by atoms with Crippen LogP contribution in [-0.2, 0) is 6.54 Å².